The molecular formula is C20H22FN5O3. The van der Waals surface area contributed by atoms with Crippen molar-refractivity contribution in [2.45, 2.75) is 44.6 Å². The van der Waals surface area contributed by atoms with Gasteiger partial charge in [-0.15, -0.1) is 0 Å². The standard InChI is InChI=1S/C20H22FN5O3/c21-15-11-23-20(24-14-5-3-12(4-6-14)19(28)29)25-18(15)13-7-8-22-16(10-13)26-9-1-2-17(26)27/h7-8,10-12,14H,1-6,9H2,(H,28,29)(H,23,24,25). The Labute approximate surface area is 167 Å². The van der Waals surface area contributed by atoms with Crippen molar-refractivity contribution in [1.82, 2.24) is 15.0 Å². The minimum Gasteiger partial charge on any atom is -0.481 e. The molecule has 8 nitrogen and oxygen atoms in total. The predicted molar refractivity (Wildman–Crippen MR) is 104 cm³/mol. The molecule has 0 bridgehead atoms. The normalized spacial score (nSPS) is 22.0. The number of carbonyl (C=O) groups excluding carboxylic acids is 1. The minimum atomic E-state index is -0.756. The number of hydrogen-bond acceptors (Lipinski definition) is 6. The molecule has 1 saturated heterocycles. The summed E-state index contributed by atoms with van der Waals surface area (Å²) >= 11 is 0. The Balaban J connectivity index is 1.52. The summed E-state index contributed by atoms with van der Waals surface area (Å²) in [6.45, 7) is 0.605. The molecule has 2 aromatic heterocycles. The lowest BCUT2D eigenvalue weighted by Crippen LogP contribution is -2.30. The molecule has 0 atom stereocenters. The van der Waals surface area contributed by atoms with Gasteiger partial charge in [-0.2, -0.15) is 0 Å². The van der Waals surface area contributed by atoms with Gasteiger partial charge in [0, 0.05) is 30.8 Å². The van der Waals surface area contributed by atoms with Gasteiger partial charge in [0.1, 0.15) is 11.5 Å². The number of rotatable bonds is 5. The number of halogens is 1. The number of hydrogen-bond donors (Lipinski definition) is 2. The van der Waals surface area contributed by atoms with Crippen molar-refractivity contribution in [3.8, 4) is 11.3 Å². The fourth-order valence-electron chi connectivity index (χ4n) is 3.91. The third-order valence-corrected chi connectivity index (χ3v) is 5.52. The Morgan fingerprint density at radius 1 is 1.24 bits per heavy atom. The average molecular weight is 399 g/mol. The van der Waals surface area contributed by atoms with Crippen molar-refractivity contribution in [2.75, 3.05) is 16.8 Å². The van der Waals surface area contributed by atoms with Gasteiger partial charge in [-0.1, -0.05) is 0 Å². The van der Waals surface area contributed by atoms with Crippen LogP contribution in [0.25, 0.3) is 11.3 Å². The van der Waals surface area contributed by atoms with Crippen LogP contribution in [0, 0.1) is 11.7 Å². The zero-order valence-electron chi connectivity index (χ0n) is 15.8. The summed E-state index contributed by atoms with van der Waals surface area (Å²) < 4.78 is 14.4. The first-order valence-corrected chi connectivity index (χ1v) is 9.80. The Bertz CT molecular complexity index is 930. The predicted octanol–water partition coefficient (Wildman–Crippen LogP) is 2.86. The van der Waals surface area contributed by atoms with Crippen LogP contribution < -0.4 is 10.2 Å². The fraction of sp³-hybridized carbons (Fsp3) is 0.450. The molecule has 3 heterocycles. The second-order valence-corrected chi connectivity index (χ2v) is 7.47. The summed E-state index contributed by atoms with van der Waals surface area (Å²) in [7, 11) is 0. The Hall–Kier alpha value is -3.10. The van der Waals surface area contributed by atoms with Crippen LogP contribution in [0.3, 0.4) is 0 Å². The third-order valence-electron chi connectivity index (χ3n) is 5.52. The molecule has 2 aromatic rings. The number of anilines is 2. The molecule has 9 heteroatoms. The highest BCUT2D eigenvalue weighted by Gasteiger charge is 2.27. The van der Waals surface area contributed by atoms with Gasteiger partial charge in [0.05, 0.1) is 12.1 Å². The van der Waals surface area contributed by atoms with E-state index in [1.54, 1.807) is 17.0 Å². The molecule has 1 saturated carbocycles. The topological polar surface area (TPSA) is 108 Å². The molecule has 0 spiro atoms. The van der Waals surface area contributed by atoms with Gasteiger partial charge in [0.25, 0.3) is 0 Å². The highest BCUT2D eigenvalue weighted by atomic mass is 19.1. The summed E-state index contributed by atoms with van der Waals surface area (Å²) in [5, 5.41) is 12.3. The van der Waals surface area contributed by atoms with Crippen molar-refractivity contribution < 1.29 is 19.1 Å². The maximum Gasteiger partial charge on any atom is 0.306 e. The molecule has 152 valence electrons. The Kier molecular flexibility index (Phi) is 5.37. The van der Waals surface area contributed by atoms with Crippen LogP contribution in [0.1, 0.15) is 38.5 Å². The van der Waals surface area contributed by atoms with Gasteiger partial charge in [0.15, 0.2) is 5.82 Å². The molecule has 0 radical (unpaired) electrons. The number of carbonyl (C=O) groups is 2. The average Bonchev–Trinajstić information content (AvgIpc) is 3.16. The van der Waals surface area contributed by atoms with Crippen LogP contribution in [0.2, 0.25) is 0 Å². The van der Waals surface area contributed by atoms with Crippen molar-refractivity contribution >= 4 is 23.6 Å². The molecular weight excluding hydrogens is 377 g/mol. The molecule has 2 fully saturated rings. The highest BCUT2D eigenvalue weighted by Crippen LogP contribution is 2.29. The van der Waals surface area contributed by atoms with Crippen molar-refractivity contribution in [1.29, 1.82) is 0 Å². The number of carboxylic acids is 1. The first-order valence-electron chi connectivity index (χ1n) is 9.80. The second kappa shape index (κ2) is 8.10. The van der Waals surface area contributed by atoms with Gasteiger partial charge in [-0.25, -0.2) is 19.3 Å². The molecule has 0 aromatic carbocycles. The monoisotopic (exact) mass is 399 g/mol. The van der Waals surface area contributed by atoms with Crippen LogP contribution in [0.4, 0.5) is 16.2 Å². The molecule has 1 amide bonds. The Morgan fingerprint density at radius 3 is 2.72 bits per heavy atom. The highest BCUT2D eigenvalue weighted by molar-refractivity contribution is 5.94. The van der Waals surface area contributed by atoms with E-state index in [4.69, 9.17) is 5.11 Å². The van der Waals surface area contributed by atoms with Crippen molar-refractivity contribution in [3.63, 3.8) is 0 Å². The van der Waals surface area contributed by atoms with E-state index in [-0.39, 0.29) is 23.6 Å². The molecule has 1 aliphatic heterocycles. The second-order valence-electron chi connectivity index (χ2n) is 7.47. The van der Waals surface area contributed by atoms with Gasteiger partial charge >= 0.3 is 5.97 Å². The summed E-state index contributed by atoms with van der Waals surface area (Å²) in [5.74, 6) is -0.817. The SMILES string of the molecule is O=C(O)C1CCC(Nc2ncc(F)c(-c3ccnc(N4CCCC4=O)c3)n2)CC1. The fourth-order valence-corrected chi connectivity index (χ4v) is 3.91. The lowest BCUT2D eigenvalue weighted by atomic mass is 9.86. The summed E-state index contributed by atoms with van der Waals surface area (Å²) in [5.41, 5.74) is 0.657. The van der Waals surface area contributed by atoms with Crippen molar-refractivity contribution in [2.24, 2.45) is 5.92 Å². The number of amides is 1. The van der Waals surface area contributed by atoms with E-state index in [0.29, 0.717) is 56.0 Å². The summed E-state index contributed by atoms with van der Waals surface area (Å²) in [4.78, 5) is 37.3. The zero-order valence-corrected chi connectivity index (χ0v) is 15.8. The molecule has 0 unspecified atom stereocenters. The van der Waals surface area contributed by atoms with Crippen LogP contribution in [0.15, 0.2) is 24.5 Å². The first-order chi connectivity index (χ1) is 14.0. The van der Waals surface area contributed by atoms with E-state index in [9.17, 15) is 14.0 Å². The van der Waals surface area contributed by atoms with Gasteiger partial charge in [-0.3, -0.25) is 14.5 Å². The van der Waals surface area contributed by atoms with Crippen molar-refractivity contribution in [3.05, 3.63) is 30.3 Å². The number of nitrogens with one attached hydrogen (secondary N) is 1. The number of aromatic nitrogens is 3. The van der Waals surface area contributed by atoms with E-state index in [1.165, 1.54) is 6.20 Å². The number of pyridine rings is 1. The first kappa shape index (κ1) is 19.2. The van der Waals surface area contributed by atoms with E-state index in [1.807, 2.05) is 0 Å². The zero-order chi connectivity index (χ0) is 20.4. The van der Waals surface area contributed by atoms with E-state index in [0.717, 1.165) is 12.6 Å². The van der Waals surface area contributed by atoms with Crippen LogP contribution in [-0.4, -0.2) is 44.5 Å². The Morgan fingerprint density at radius 2 is 2.03 bits per heavy atom. The van der Waals surface area contributed by atoms with Crippen LogP contribution in [-0.2, 0) is 9.59 Å². The minimum absolute atomic E-state index is 0.0112. The number of aliphatic carboxylic acids is 1. The van der Waals surface area contributed by atoms with E-state index < -0.39 is 11.8 Å². The molecule has 2 N–H and O–H groups in total. The quantitative estimate of drug-likeness (QED) is 0.796. The lowest BCUT2D eigenvalue weighted by molar-refractivity contribution is -0.142. The van der Waals surface area contributed by atoms with Crippen LogP contribution in [0.5, 0.6) is 0 Å². The summed E-state index contributed by atoms with van der Waals surface area (Å²) in [6, 6.07) is 3.37. The molecule has 4 rings (SSSR count). The maximum atomic E-state index is 14.4. The third kappa shape index (κ3) is 4.18. The van der Waals surface area contributed by atoms with E-state index in [2.05, 4.69) is 20.3 Å². The molecule has 1 aliphatic carbocycles. The molecule has 29 heavy (non-hydrogen) atoms. The van der Waals surface area contributed by atoms with Gasteiger partial charge < -0.3 is 10.4 Å². The number of nitrogens with zero attached hydrogens (tertiary/aromatic N) is 4. The lowest BCUT2D eigenvalue weighted by Gasteiger charge is -2.26. The largest absolute Gasteiger partial charge is 0.481 e. The van der Waals surface area contributed by atoms with Gasteiger partial charge in [-0.05, 0) is 44.2 Å². The van der Waals surface area contributed by atoms with E-state index >= 15 is 0 Å². The smallest absolute Gasteiger partial charge is 0.306 e. The van der Waals surface area contributed by atoms with Gasteiger partial charge in [0.2, 0.25) is 11.9 Å². The number of carboxylic acid groups (broad SMARTS) is 1. The van der Waals surface area contributed by atoms with Crippen LogP contribution >= 0.6 is 0 Å². The molecule has 2 aliphatic rings. The maximum absolute atomic E-state index is 14.4. The summed E-state index contributed by atoms with van der Waals surface area (Å²) in [6.07, 6.45) is 6.52.